The number of hydrogen-bond donors (Lipinski definition) is 2. The van der Waals surface area contributed by atoms with Crippen LogP contribution in [-0.4, -0.2) is 41.9 Å². The first-order chi connectivity index (χ1) is 15.0. The molecule has 1 aliphatic rings. The topological polar surface area (TPSA) is 87.7 Å². The van der Waals surface area contributed by atoms with Crippen molar-refractivity contribution >= 4 is 17.9 Å². The van der Waals surface area contributed by atoms with Gasteiger partial charge in [0.2, 0.25) is 11.8 Å². The van der Waals surface area contributed by atoms with Gasteiger partial charge in [0.05, 0.1) is 6.04 Å². The zero-order chi connectivity index (χ0) is 22.2. The molecule has 0 saturated carbocycles. The lowest BCUT2D eigenvalue weighted by Gasteiger charge is -2.28. The van der Waals surface area contributed by atoms with E-state index < -0.39 is 24.1 Å². The third-order valence-corrected chi connectivity index (χ3v) is 5.15. The molecule has 7 nitrogen and oxygen atoms in total. The number of nitrogens with one attached hydrogen (secondary N) is 2. The standard InChI is InChI=1S/C24H27N3O4/c1-17(25-24(30)31-16-18-10-5-3-6-11-18)22(28)26-20-14-9-15-21(27(2)23(20)29)19-12-7-4-8-13-19/h3-13,15,17,20-21H,14,16H2,1-2H3,(H,25,30)(H,26,28)/t17-,20-,21+/m0/s1. The first-order valence-corrected chi connectivity index (χ1v) is 10.2. The van der Waals surface area contributed by atoms with Gasteiger partial charge in [-0.3, -0.25) is 9.59 Å². The summed E-state index contributed by atoms with van der Waals surface area (Å²) in [6.45, 7) is 1.66. The lowest BCUT2D eigenvalue weighted by Crippen LogP contribution is -2.52. The van der Waals surface area contributed by atoms with Gasteiger partial charge in [-0.25, -0.2) is 4.79 Å². The summed E-state index contributed by atoms with van der Waals surface area (Å²) in [7, 11) is 1.72. The van der Waals surface area contributed by atoms with Gasteiger partial charge in [-0.15, -0.1) is 0 Å². The largest absolute Gasteiger partial charge is 0.445 e. The van der Waals surface area contributed by atoms with Gasteiger partial charge < -0.3 is 20.3 Å². The van der Waals surface area contributed by atoms with Crippen LogP contribution >= 0.6 is 0 Å². The van der Waals surface area contributed by atoms with E-state index in [-0.39, 0.29) is 18.6 Å². The fourth-order valence-electron chi connectivity index (χ4n) is 3.37. The predicted molar refractivity (Wildman–Crippen MR) is 117 cm³/mol. The normalized spacial score (nSPS) is 19.3. The maximum absolute atomic E-state index is 12.9. The summed E-state index contributed by atoms with van der Waals surface area (Å²) in [5, 5.41) is 5.24. The Bertz CT molecular complexity index is 930. The van der Waals surface area contributed by atoms with Gasteiger partial charge in [0, 0.05) is 7.05 Å². The molecule has 1 heterocycles. The van der Waals surface area contributed by atoms with Crippen LogP contribution in [0.3, 0.4) is 0 Å². The number of amides is 3. The molecule has 0 aromatic heterocycles. The lowest BCUT2D eigenvalue weighted by atomic mass is 10.1. The molecule has 2 aromatic carbocycles. The molecule has 0 saturated heterocycles. The summed E-state index contributed by atoms with van der Waals surface area (Å²) >= 11 is 0. The molecule has 2 aromatic rings. The molecule has 0 bridgehead atoms. The predicted octanol–water partition coefficient (Wildman–Crippen LogP) is 2.95. The molecule has 1 aliphatic heterocycles. The maximum atomic E-state index is 12.9. The van der Waals surface area contributed by atoms with Crippen LogP contribution in [0.1, 0.15) is 30.5 Å². The Morgan fingerprint density at radius 2 is 1.74 bits per heavy atom. The summed E-state index contributed by atoms with van der Waals surface area (Å²) < 4.78 is 5.14. The number of benzene rings is 2. The number of alkyl carbamates (subject to hydrolysis) is 1. The molecule has 7 heteroatoms. The van der Waals surface area contributed by atoms with Crippen molar-refractivity contribution in [2.45, 2.75) is 38.1 Å². The molecule has 3 amide bonds. The fourth-order valence-corrected chi connectivity index (χ4v) is 3.37. The van der Waals surface area contributed by atoms with Gasteiger partial charge in [0.15, 0.2) is 0 Å². The molecule has 3 rings (SSSR count). The minimum absolute atomic E-state index is 0.110. The van der Waals surface area contributed by atoms with Crippen LogP contribution in [0.2, 0.25) is 0 Å². The first-order valence-electron chi connectivity index (χ1n) is 10.2. The van der Waals surface area contributed by atoms with Crippen molar-refractivity contribution in [2.75, 3.05) is 7.05 Å². The molecular weight excluding hydrogens is 394 g/mol. The second kappa shape index (κ2) is 10.4. The van der Waals surface area contributed by atoms with Crippen molar-refractivity contribution in [3.05, 3.63) is 83.9 Å². The van der Waals surface area contributed by atoms with Crippen molar-refractivity contribution in [2.24, 2.45) is 0 Å². The van der Waals surface area contributed by atoms with Crippen LogP contribution in [0.15, 0.2) is 72.8 Å². The molecule has 31 heavy (non-hydrogen) atoms. The van der Waals surface area contributed by atoms with Gasteiger partial charge in [0.1, 0.15) is 18.7 Å². The van der Waals surface area contributed by atoms with Crippen LogP contribution in [0.25, 0.3) is 0 Å². The van der Waals surface area contributed by atoms with E-state index in [1.807, 2.05) is 72.8 Å². The summed E-state index contributed by atoms with van der Waals surface area (Å²) in [5.41, 5.74) is 1.85. The van der Waals surface area contributed by atoms with E-state index in [0.717, 1.165) is 11.1 Å². The molecule has 0 unspecified atom stereocenters. The van der Waals surface area contributed by atoms with Crippen LogP contribution < -0.4 is 10.6 Å². The van der Waals surface area contributed by atoms with Crippen molar-refractivity contribution in [1.29, 1.82) is 0 Å². The van der Waals surface area contributed by atoms with Crippen molar-refractivity contribution in [1.82, 2.24) is 15.5 Å². The van der Waals surface area contributed by atoms with Crippen LogP contribution in [0.5, 0.6) is 0 Å². The van der Waals surface area contributed by atoms with Gasteiger partial charge in [-0.2, -0.15) is 0 Å². The van der Waals surface area contributed by atoms with E-state index in [0.29, 0.717) is 6.42 Å². The highest BCUT2D eigenvalue weighted by Gasteiger charge is 2.31. The Kier molecular flexibility index (Phi) is 7.43. The maximum Gasteiger partial charge on any atom is 0.408 e. The smallest absolute Gasteiger partial charge is 0.408 e. The Balaban J connectivity index is 1.52. The highest BCUT2D eigenvalue weighted by molar-refractivity contribution is 5.91. The third-order valence-electron chi connectivity index (χ3n) is 5.15. The SMILES string of the molecule is C[C@H](NC(=O)OCc1ccccc1)C(=O)N[C@H]1CC=C[C@H](c2ccccc2)N(C)C1=O. The van der Waals surface area contributed by atoms with Crippen molar-refractivity contribution in [3.63, 3.8) is 0 Å². The average Bonchev–Trinajstić information content (AvgIpc) is 2.92. The molecule has 162 valence electrons. The van der Waals surface area contributed by atoms with E-state index in [1.165, 1.54) is 0 Å². The summed E-state index contributed by atoms with van der Waals surface area (Å²) in [6.07, 6.45) is 3.54. The summed E-state index contributed by atoms with van der Waals surface area (Å²) in [5.74, 6) is -0.638. The lowest BCUT2D eigenvalue weighted by molar-refractivity contribution is -0.136. The zero-order valence-electron chi connectivity index (χ0n) is 17.7. The number of likely N-dealkylation sites (N-methyl/N-ethyl adjacent to an activating group) is 1. The molecule has 0 spiro atoms. The number of carbonyl (C=O) groups is 3. The van der Waals surface area contributed by atoms with Crippen LogP contribution in [-0.2, 0) is 20.9 Å². The number of rotatable bonds is 6. The van der Waals surface area contributed by atoms with Crippen LogP contribution in [0, 0.1) is 0 Å². The summed E-state index contributed by atoms with van der Waals surface area (Å²) in [6, 6.07) is 17.2. The summed E-state index contributed by atoms with van der Waals surface area (Å²) in [4.78, 5) is 39.1. The highest BCUT2D eigenvalue weighted by atomic mass is 16.5. The van der Waals surface area contributed by atoms with Gasteiger partial charge in [-0.1, -0.05) is 72.8 Å². The molecular formula is C24H27N3O4. The number of ether oxygens (including phenoxy) is 1. The quantitative estimate of drug-likeness (QED) is 0.702. The average molecular weight is 421 g/mol. The third kappa shape index (κ3) is 5.94. The molecule has 0 radical (unpaired) electrons. The second-order valence-electron chi connectivity index (χ2n) is 7.46. The highest BCUT2D eigenvalue weighted by Crippen LogP contribution is 2.24. The second-order valence-corrected chi connectivity index (χ2v) is 7.46. The monoisotopic (exact) mass is 421 g/mol. The van der Waals surface area contributed by atoms with E-state index >= 15 is 0 Å². The van der Waals surface area contributed by atoms with Crippen molar-refractivity contribution in [3.8, 4) is 0 Å². The van der Waals surface area contributed by atoms with E-state index in [1.54, 1.807) is 18.9 Å². The number of carbonyl (C=O) groups excluding carboxylic acids is 3. The fraction of sp³-hybridized carbons (Fsp3) is 0.292. The number of hydrogen-bond acceptors (Lipinski definition) is 4. The van der Waals surface area contributed by atoms with Gasteiger partial charge in [-0.05, 0) is 24.5 Å². The minimum Gasteiger partial charge on any atom is -0.445 e. The molecule has 3 atom stereocenters. The minimum atomic E-state index is -0.849. The Labute approximate surface area is 182 Å². The van der Waals surface area contributed by atoms with E-state index in [9.17, 15) is 14.4 Å². The van der Waals surface area contributed by atoms with Gasteiger partial charge in [0.25, 0.3) is 0 Å². The van der Waals surface area contributed by atoms with Crippen molar-refractivity contribution < 1.29 is 19.1 Å². The van der Waals surface area contributed by atoms with Crippen LogP contribution in [0.4, 0.5) is 4.79 Å². The zero-order valence-corrected chi connectivity index (χ0v) is 17.7. The Morgan fingerprint density at radius 3 is 2.42 bits per heavy atom. The van der Waals surface area contributed by atoms with E-state index in [2.05, 4.69) is 10.6 Å². The van der Waals surface area contributed by atoms with E-state index in [4.69, 9.17) is 4.74 Å². The Morgan fingerprint density at radius 1 is 1.10 bits per heavy atom. The number of nitrogens with zero attached hydrogens (tertiary/aromatic N) is 1. The van der Waals surface area contributed by atoms with Gasteiger partial charge >= 0.3 is 6.09 Å². The first kappa shape index (κ1) is 22.1. The molecule has 2 N–H and O–H groups in total. The molecule has 0 aliphatic carbocycles. The Hall–Kier alpha value is -3.61. The molecule has 0 fully saturated rings.